The lowest BCUT2D eigenvalue weighted by molar-refractivity contribution is -0.107. The second-order valence-corrected chi connectivity index (χ2v) is 4.12. The number of carbonyl (C=O) groups is 1. The molecule has 0 unspecified atom stereocenters. The number of phenolic OH excluding ortho intramolecular Hbond substituents is 1. The largest absolute Gasteiger partial charge is 0.507 e. The van der Waals surface area contributed by atoms with Crippen molar-refractivity contribution in [2.75, 3.05) is 0 Å². The predicted octanol–water partition coefficient (Wildman–Crippen LogP) is 2.40. The topological polar surface area (TPSA) is 37.3 Å². The molecule has 0 bridgehead atoms. The van der Waals surface area contributed by atoms with Gasteiger partial charge in [-0.15, -0.1) is 0 Å². The molecule has 0 heterocycles. The number of aldehydes is 1. The first-order chi connectivity index (χ1) is 7.33. The summed E-state index contributed by atoms with van der Waals surface area (Å²) in [7, 11) is 0. The molecule has 0 saturated heterocycles. The Kier molecular flexibility index (Phi) is 3.05. The van der Waals surface area contributed by atoms with Crippen LogP contribution in [-0.4, -0.2) is 11.4 Å². The third-order valence-electron chi connectivity index (χ3n) is 3.12. The normalized spacial score (nSPS) is 14.7. The highest BCUT2D eigenvalue weighted by molar-refractivity contribution is 5.52. The Labute approximate surface area is 89.9 Å². The summed E-state index contributed by atoms with van der Waals surface area (Å²) in [4.78, 5) is 10.3. The highest BCUT2D eigenvalue weighted by atomic mass is 16.3. The van der Waals surface area contributed by atoms with E-state index in [1.807, 2.05) is 6.07 Å². The van der Waals surface area contributed by atoms with Crippen LogP contribution in [0.2, 0.25) is 0 Å². The molecule has 80 valence electrons. The molecule has 0 amide bonds. The maximum atomic E-state index is 10.3. The fraction of sp³-hybridized carbons (Fsp3) is 0.462. The molecule has 1 aromatic carbocycles. The van der Waals surface area contributed by atoms with E-state index in [4.69, 9.17) is 0 Å². The molecule has 2 rings (SSSR count). The molecule has 2 nitrogen and oxygen atoms in total. The molecule has 2 heteroatoms. The lowest BCUT2D eigenvalue weighted by Gasteiger charge is -2.18. The number of aryl methyl sites for hydroxylation is 2. The Morgan fingerprint density at radius 2 is 2.07 bits per heavy atom. The van der Waals surface area contributed by atoms with Crippen molar-refractivity contribution in [2.45, 2.75) is 38.5 Å². The van der Waals surface area contributed by atoms with E-state index < -0.39 is 0 Å². The van der Waals surface area contributed by atoms with Gasteiger partial charge in [0.05, 0.1) is 0 Å². The predicted molar refractivity (Wildman–Crippen MR) is 59.1 cm³/mol. The summed E-state index contributed by atoms with van der Waals surface area (Å²) < 4.78 is 0. The number of carbonyl (C=O) groups excluding carboxylic acids is 1. The van der Waals surface area contributed by atoms with Crippen LogP contribution in [-0.2, 0) is 24.1 Å². The van der Waals surface area contributed by atoms with E-state index in [1.54, 1.807) is 0 Å². The summed E-state index contributed by atoms with van der Waals surface area (Å²) >= 11 is 0. The van der Waals surface area contributed by atoms with Gasteiger partial charge in [0, 0.05) is 6.42 Å². The molecule has 0 fully saturated rings. The molecular formula is C13H16O2. The molecule has 1 aromatic rings. The highest BCUT2D eigenvalue weighted by Gasteiger charge is 2.15. The standard InChI is InChI=1S/C13H16O2/c14-9-3-5-11-8-7-10-4-1-2-6-12(10)13(11)15/h7-9,15H,1-6H2. The lowest BCUT2D eigenvalue weighted by Crippen LogP contribution is -2.04. The van der Waals surface area contributed by atoms with Crippen molar-refractivity contribution in [3.8, 4) is 5.75 Å². The van der Waals surface area contributed by atoms with Crippen molar-refractivity contribution in [1.82, 2.24) is 0 Å². The van der Waals surface area contributed by atoms with Crippen LogP contribution in [0.4, 0.5) is 0 Å². The molecule has 0 radical (unpaired) electrons. The van der Waals surface area contributed by atoms with Crippen LogP contribution in [0.3, 0.4) is 0 Å². The van der Waals surface area contributed by atoms with E-state index in [0.717, 1.165) is 36.7 Å². The van der Waals surface area contributed by atoms with Gasteiger partial charge in [-0.3, -0.25) is 0 Å². The minimum atomic E-state index is 0.439. The van der Waals surface area contributed by atoms with E-state index in [2.05, 4.69) is 6.07 Å². The Morgan fingerprint density at radius 1 is 1.27 bits per heavy atom. The average molecular weight is 204 g/mol. The fourth-order valence-corrected chi connectivity index (χ4v) is 2.27. The molecule has 0 atom stereocenters. The van der Waals surface area contributed by atoms with Crippen LogP contribution < -0.4 is 0 Å². The Bertz CT molecular complexity index is 369. The summed E-state index contributed by atoms with van der Waals surface area (Å²) in [5.41, 5.74) is 3.32. The first-order valence-corrected chi connectivity index (χ1v) is 5.59. The van der Waals surface area contributed by atoms with Gasteiger partial charge in [-0.05, 0) is 48.8 Å². The number of benzene rings is 1. The van der Waals surface area contributed by atoms with Crippen molar-refractivity contribution in [3.05, 3.63) is 28.8 Å². The summed E-state index contributed by atoms with van der Waals surface area (Å²) in [6, 6.07) is 4.07. The Morgan fingerprint density at radius 3 is 2.87 bits per heavy atom. The zero-order chi connectivity index (χ0) is 10.7. The first kappa shape index (κ1) is 10.2. The molecule has 0 aromatic heterocycles. The van der Waals surface area contributed by atoms with Crippen LogP contribution in [0.1, 0.15) is 36.0 Å². The van der Waals surface area contributed by atoms with Gasteiger partial charge in [0.25, 0.3) is 0 Å². The van der Waals surface area contributed by atoms with Crippen molar-refractivity contribution in [2.24, 2.45) is 0 Å². The highest BCUT2D eigenvalue weighted by Crippen LogP contribution is 2.32. The Hall–Kier alpha value is -1.31. The number of fused-ring (bicyclic) bond motifs is 1. The van der Waals surface area contributed by atoms with E-state index in [0.29, 0.717) is 18.6 Å². The summed E-state index contributed by atoms with van der Waals surface area (Å²) in [5.74, 6) is 0.439. The number of aromatic hydroxyl groups is 1. The van der Waals surface area contributed by atoms with Gasteiger partial charge in [-0.1, -0.05) is 12.1 Å². The van der Waals surface area contributed by atoms with Crippen LogP contribution in [0.5, 0.6) is 5.75 Å². The van der Waals surface area contributed by atoms with Crippen molar-refractivity contribution >= 4 is 6.29 Å². The maximum absolute atomic E-state index is 10.3. The van der Waals surface area contributed by atoms with E-state index in [1.165, 1.54) is 12.0 Å². The summed E-state index contributed by atoms with van der Waals surface area (Å²) in [6.45, 7) is 0. The molecule has 15 heavy (non-hydrogen) atoms. The quantitative estimate of drug-likeness (QED) is 0.768. The summed E-state index contributed by atoms with van der Waals surface area (Å²) in [6.07, 6.45) is 6.50. The number of hydrogen-bond acceptors (Lipinski definition) is 2. The minimum absolute atomic E-state index is 0.439. The van der Waals surface area contributed by atoms with Crippen LogP contribution >= 0.6 is 0 Å². The molecule has 1 aliphatic carbocycles. The third-order valence-corrected chi connectivity index (χ3v) is 3.12. The van der Waals surface area contributed by atoms with Crippen molar-refractivity contribution < 1.29 is 9.90 Å². The Balaban J connectivity index is 2.30. The average Bonchev–Trinajstić information content (AvgIpc) is 2.29. The fourth-order valence-electron chi connectivity index (χ4n) is 2.27. The molecule has 1 N–H and O–H groups in total. The molecule has 0 aliphatic heterocycles. The molecular weight excluding hydrogens is 188 g/mol. The minimum Gasteiger partial charge on any atom is -0.507 e. The lowest BCUT2D eigenvalue weighted by atomic mass is 9.88. The van der Waals surface area contributed by atoms with Gasteiger partial charge in [-0.2, -0.15) is 0 Å². The summed E-state index contributed by atoms with van der Waals surface area (Å²) in [5, 5.41) is 10.0. The van der Waals surface area contributed by atoms with Gasteiger partial charge >= 0.3 is 0 Å². The van der Waals surface area contributed by atoms with Gasteiger partial charge in [0.1, 0.15) is 12.0 Å². The number of rotatable bonds is 3. The van der Waals surface area contributed by atoms with E-state index in [-0.39, 0.29) is 0 Å². The second-order valence-electron chi connectivity index (χ2n) is 4.12. The molecule has 0 saturated carbocycles. The number of phenols is 1. The second kappa shape index (κ2) is 4.47. The first-order valence-electron chi connectivity index (χ1n) is 5.59. The van der Waals surface area contributed by atoms with Crippen molar-refractivity contribution in [3.63, 3.8) is 0 Å². The van der Waals surface area contributed by atoms with Crippen LogP contribution in [0.25, 0.3) is 0 Å². The van der Waals surface area contributed by atoms with Crippen LogP contribution in [0, 0.1) is 0 Å². The molecule has 0 spiro atoms. The monoisotopic (exact) mass is 204 g/mol. The SMILES string of the molecule is O=CCCc1ccc2c(c1O)CCCC2. The zero-order valence-corrected chi connectivity index (χ0v) is 8.83. The smallest absolute Gasteiger partial charge is 0.122 e. The molecule has 1 aliphatic rings. The van der Waals surface area contributed by atoms with E-state index >= 15 is 0 Å². The van der Waals surface area contributed by atoms with Gasteiger partial charge in [0.2, 0.25) is 0 Å². The van der Waals surface area contributed by atoms with Crippen molar-refractivity contribution in [1.29, 1.82) is 0 Å². The number of hydrogen-bond donors (Lipinski definition) is 1. The third kappa shape index (κ3) is 2.04. The van der Waals surface area contributed by atoms with Gasteiger partial charge in [-0.25, -0.2) is 0 Å². The zero-order valence-electron chi connectivity index (χ0n) is 8.83. The van der Waals surface area contributed by atoms with E-state index in [9.17, 15) is 9.90 Å². The maximum Gasteiger partial charge on any atom is 0.122 e. The van der Waals surface area contributed by atoms with Crippen LogP contribution in [0.15, 0.2) is 12.1 Å². The van der Waals surface area contributed by atoms with Gasteiger partial charge < -0.3 is 9.90 Å². The van der Waals surface area contributed by atoms with Gasteiger partial charge in [0.15, 0.2) is 0 Å².